The molecule has 1 atom stereocenters. The van der Waals surface area contributed by atoms with Crippen molar-refractivity contribution in [2.45, 2.75) is 36.6 Å². The maximum absolute atomic E-state index is 12.6. The largest absolute Gasteiger partial charge is 0.495 e. The Bertz CT molecular complexity index is 661. The number of nitrogens with zero attached hydrogens (tertiary/aromatic N) is 1. The second-order valence-electron chi connectivity index (χ2n) is 5.49. The molecule has 7 heteroatoms. The summed E-state index contributed by atoms with van der Waals surface area (Å²) in [5, 5.41) is 8.89. The summed E-state index contributed by atoms with van der Waals surface area (Å²) >= 11 is 0. The van der Waals surface area contributed by atoms with Gasteiger partial charge in [-0.1, -0.05) is 12.8 Å². The van der Waals surface area contributed by atoms with Gasteiger partial charge in [-0.25, -0.2) is 13.1 Å². The van der Waals surface area contributed by atoms with Crippen LogP contribution in [-0.2, 0) is 10.0 Å². The van der Waals surface area contributed by atoms with Gasteiger partial charge in [-0.2, -0.15) is 5.26 Å². The third-order valence-corrected chi connectivity index (χ3v) is 5.64. The molecule has 1 aliphatic carbocycles. The molecule has 22 heavy (non-hydrogen) atoms. The molecular formula is C15H21N3O3S. The van der Waals surface area contributed by atoms with E-state index in [-0.39, 0.29) is 29.1 Å². The Morgan fingerprint density at radius 3 is 2.68 bits per heavy atom. The van der Waals surface area contributed by atoms with Gasteiger partial charge in [-0.15, -0.1) is 0 Å². The van der Waals surface area contributed by atoms with Gasteiger partial charge in [0.25, 0.3) is 0 Å². The normalized spacial score (nSPS) is 17.1. The molecule has 1 saturated carbocycles. The van der Waals surface area contributed by atoms with Crippen LogP contribution in [0, 0.1) is 17.2 Å². The van der Waals surface area contributed by atoms with Crippen molar-refractivity contribution in [3.63, 3.8) is 0 Å². The van der Waals surface area contributed by atoms with Crippen LogP contribution in [0.1, 0.15) is 31.2 Å². The Morgan fingerprint density at radius 1 is 1.45 bits per heavy atom. The van der Waals surface area contributed by atoms with E-state index in [1.54, 1.807) is 0 Å². The van der Waals surface area contributed by atoms with Gasteiger partial charge in [-0.3, -0.25) is 0 Å². The lowest BCUT2D eigenvalue weighted by Crippen LogP contribution is -2.44. The third kappa shape index (κ3) is 3.58. The molecule has 3 N–H and O–H groups in total. The molecule has 1 unspecified atom stereocenters. The van der Waals surface area contributed by atoms with Crippen molar-refractivity contribution in [3.05, 3.63) is 23.8 Å². The van der Waals surface area contributed by atoms with Crippen LogP contribution in [0.2, 0.25) is 0 Å². The number of rotatable bonds is 6. The molecule has 0 amide bonds. The molecule has 6 nitrogen and oxygen atoms in total. The quantitative estimate of drug-likeness (QED) is 0.822. The second-order valence-corrected chi connectivity index (χ2v) is 7.17. The highest BCUT2D eigenvalue weighted by atomic mass is 32.2. The Kier molecular flexibility index (Phi) is 5.40. The second kappa shape index (κ2) is 7.09. The van der Waals surface area contributed by atoms with E-state index in [9.17, 15) is 8.42 Å². The van der Waals surface area contributed by atoms with E-state index in [0.717, 1.165) is 25.7 Å². The van der Waals surface area contributed by atoms with Gasteiger partial charge >= 0.3 is 0 Å². The predicted octanol–water partition coefficient (Wildman–Crippen LogP) is 1.36. The molecule has 0 bridgehead atoms. The van der Waals surface area contributed by atoms with E-state index in [1.165, 1.54) is 25.3 Å². The van der Waals surface area contributed by atoms with Crippen molar-refractivity contribution in [2.24, 2.45) is 11.7 Å². The summed E-state index contributed by atoms with van der Waals surface area (Å²) in [5.41, 5.74) is 6.10. The van der Waals surface area contributed by atoms with Crippen molar-refractivity contribution >= 4 is 10.0 Å². The zero-order valence-corrected chi connectivity index (χ0v) is 13.4. The number of hydrogen-bond acceptors (Lipinski definition) is 5. The van der Waals surface area contributed by atoms with Gasteiger partial charge < -0.3 is 10.5 Å². The molecule has 1 aromatic carbocycles. The molecule has 1 aliphatic rings. The zero-order valence-electron chi connectivity index (χ0n) is 12.6. The summed E-state index contributed by atoms with van der Waals surface area (Å²) in [4.78, 5) is 0.0328. The first kappa shape index (κ1) is 16.7. The van der Waals surface area contributed by atoms with Crippen LogP contribution in [0.5, 0.6) is 5.75 Å². The molecular weight excluding hydrogens is 302 g/mol. The van der Waals surface area contributed by atoms with Crippen molar-refractivity contribution in [1.29, 1.82) is 5.26 Å². The molecule has 0 saturated heterocycles. The molecule has 120 valence electrons. The smallest absolute Gasteiger partial charge is 0.244 e. The zero-order chi connectivity index (χ0) is 16.2. The van der Waals surface area contributed by atoms with Crippen molar-refractivity contribution < 1.29 is 13.2 Å². The summed E-state index contributed by atoms with van der Waals surface area (Å²) in [6.07, 6.45) is 4.22. The van der Waals surface area contributed by atoms with Gasteiger partial charge in [-0.05, 0) is 37.0 Å². The van der Waals surface area contributed by atoms with E-state index in [4.69, 9.17) is 15.7 Å². The lowest BCUT2D eigenvalue weighted by molar-refractivity contribution is 0.394. The van der Waals surface area contributed by atoms with Crippen molar-refractivity contribution in [3.8, 4) is 11.8 Å². The summed E-state index contributed by atoms with van der Waals surface area (Å²) in [6, 6.07) is 5.96. The molecule has 0 heterocycles. The van der Waals surface area contributed by atoms with Crippen molar-refractivity contribution in [1.82, 2.24) is 4.72 Å². The number of hydrogen-bond donors (Lipinski definition) is 2. The summed E-state index contributed by atoms with van der Waals surface area (Å²) < 4.78 is 33.0. The average molecular weight is 323 g/mol. The molecule has 2 rings (SSSR count). The summed E-state index contributed by atoms with van der Waals surface area (Å²) in [5.74, 6) is 0.442. The van der Waals surface area contributed by atoms with Crippen LogP contribution in [0.25, 0.3) is 0 Å². The van der Waals surface area contributed by atoms with Crippen LogP contribution in [0.3, 0.4) is 0 Å². The topological polar surface area (TPSA) is 105 Å². The molecule has 1 aromatic rings. The fourth-order valence-electron chi connectivity index (χ4n) is 2.92. The molecule has 0 aliphatic heterocycles. The minimum absolute atomic E-state index is 0.0328. The molecule has 0 spiro atoms. The SMILES string of the molecule is COc1cc(C#N)ccc1S(=O)(=O)NC(CN)C1CCCC1. The third-order valence-electron chi connectivity index (χ3n) is 4.11. The number of benzene rings is 1. The van der Waals surface area contributed by atoms with Crippen LogP contribution in [-0.4, -0.2) is 28.1 Å². The maximum Gasteiger partial charge on any atom is 0.244 e. The minimum atomic E-state index is -3.74. The first-order chi connectivity index (χ1) is 10.5. The number of sulfonamides is 1. The van der Waals surface area contributed by atoms with Gasteiger partial charge in [0.15, 0.2) is 0 Å². The van der Waals surface area contributed by atoms with Crippen molar-refractivity contribution in [2.75, 3.05) is 13.7 Å². The van der Waals surface area contributed by atoms with Crippen LogP contribution < -0.4 is 15.2 Å². The number of nitriles is 1. The van der Waals surface area contributed by atoms with Gasteiger partial charge in [0.1, 0.15) is 10.6 Å². The van der Waals surface area contributed by atoms with E-state index in [2.05, 4.69) is 4.72 Å². The summed E-state index contributed by atoms with van der Waals surface area (Å²) in [7, 11) is -2.36. The Morgan fingerprint density at radius 2 is 2.14 bits per heavy atom. The number of nitrogens with one attached hydrogen (secondary N) is 1. The first-order valence-electron chi connectivity index (χ1n) is 7.32. The predicted molar refractivity (Wildman–Crippen MR) is 82.8 cm³/mol. The monoisotopic (exact) mass is 323 g/mol. The molecule has 1 fully saturated rings. The standard InChI is InChI=1S/C15H21N3O3S/c1-21-14-8-11(9-16)6-7-15(14)22(19,20)18-13(10-17)12-4-2-3-5-12/h6-8,12-13,18H,2-5,10,17H2,1H3. The highest BCUT2D eigenvalue weighted by Crippen LogP contribution is 2.30. The Balaban J connectivity index is 2.27. The van der Waals surface area contributed by atoms with Gasteiger partial charge in [0, 0.05) is 12.6 Å². The van der Waals surface area contributed by atoms with E-state index < -0.39 is 10.0 Å². The summed E-state index contributed by atoms with van der Waals surface area (Å²) in [6.45, 7) is 0.266. The Hall–Kier alpha value is -1.62. The number of methoxy groups -OCH3 is 1. The lowest BCUT2D eigenvalue weighted by Gasteiger charge is -2.23. The fourth-order valence-corrected chi connectivity index (χ4v) is 4.39. The van der Waals surface area contributed by atoms with E-state index in [1.807, 2.05) is 6.07 Å². The minimum Gasteiger partial charge on any atom is -0.495 e. The fraction of sp³-hybridized carbons (Fsp3) is 0.533. The van der Waals surface area contributed by atoms with Crippen LogP contribution >= 0.6 is 0 Å². The van der Waals surface area contributed by atoms with Gasteiger partial charge in [0.2, 0.25) is 10.0 Å². The molecule has 0 aromatic heterocycles. The van der Waals surface area contributed by atoms with Crippen LogP contribution in [0.15, 0.2) is 23.1 Å². The van der Waals surface area contributed by atoms with Gasteiger partial charge in [0.05, 0.1) is 18.7 Å². The highest BCUT2D eigenvalue weighted by Gasteiger charge is 2.29. The van der Waals surface area contributed by atoms with E-state index in [0.29, 0.717) is 5.56 Å². The Labute approximate surface area is 131 Å². The number of ether oxygens (including phenoxy) is 1. The molecule has 0 radical (unpaired) electrons. The maximum atomic E-state index is 12.6. The lowest BCUT2D eigenvalue weighted by atomic mass is 9.99. The number of nitrogens with two attached hydrogens (primary N) is 1. The van der Waals surface area contributed by atoms with Crippen LogP contribution in [0.4, 0.5) is 0 Å². The average Bonchev–Trinajstić information content (AvgIpc) is 3.06. The van der Waals surface area contributed by atoms with E-state index >= 15 is 0 Å². The highest BCUT2D eigenvalue weighted by molar-refractivity contribution is 7.89. The first-order valence-corrected chi connectivity index (χ1v) is 8.80.